The second-order valence-corrected chi connectivity index (χ2v) is 12.9. The minimum Gasteiger partial charge on any atom is -0.507 e. The fourth-order valence-corrected chi connectivity index (χ4v) is 7.03. The number of fused-ring (bicyclic) bond motifs is 1. The van der Waals surface area contributed by atoms with Gasteiger partial charge in [-0.3, -0.25) is 24.6 Å². The lowest BCUT2D eigenvalue weighted by Gasteiger charge is -2.39. The number of phenolic OH excluding ortho intramolecular Hbond substituents is 1. The van der Waals surface area contributed by atoms with E-state index < -0.39 is 0 Å². The van der Waals surface area contributed by atoms with Gasteiger partial charge >= 0.3 is 0 Å². The lowest BCUT2D eigenvalue weighted by molar-refractivity contribution is -0.134. The summed E-state index contributed by atoms with van der Waals surface area (Å²) < 4.78 is 7.06. The average molecular weight is 684 g/mol. The van der Waals surface area contributed by atoms with E-state index in [1.165, 1.54) is 36.8 Å². The minimum absolute atomic E-state index is 0.0199. The smallest absolute Gasteiger partial charge is 0.249 e. The molecule has 0 bridgehead atoms. The zero-order chi connectivity index (χ0) is 35.2. The molecule has 14 heteroatoms. The van der Waals surface area contributed by atoms with E-state index in [-0.39, 0.29) is 35.3 Å². The van der Waals surface area contributed by atoms with E-state index >= 15 is 0 Å². The molecule has 4 aliphatic rings. The predicted octanol–water partition coefficient (Wildman–Crippen LogP) is 2.30. The number of nitrogens with zero attached hydrogens (tertiary/aromatic N) is 5. The molecule has 1 atom stereocenters. The van der Waals surface area contributed by atoms with Crippen LogP contribution in [0, 0.1) is 0 Å². The van der Waals surface area contributed by atoms with Crippen molar-refractivity contribution in [2.24, 2.45) is 17.2 Å². The van der Waals surface area contributed by atoms with Crippen LogP contribution in [0.2, 0.25) is 0 Å². The molecule has 3 amide bonds. The molecular weight excluding hydrogens is 638 g/mol. The molecule has 1 aliphatic carbocycles. The lowest BCUT2D eigenvalue weighted by atomic mass is 9.94. The predicted molar refractivity (Wildman–Crippen MR) is 190 cm³/mol. The van der Waals surface area contributed by atoms with E-state index in [0.717, 1.165) is 18.0 Å². The quantitative estimate of drug-likeness (QED) is 0.189. The number of aromatic nitrogens is 2. The normalized spacial score (nSPS) is 20.3. The number of benzene rings is 2. The van der Waals surface area contributed by atoms with E-state index in [2.05, 4.69) is 15.3 Å². The summed E-state index contributed by atoms with van der Waals surface area (Å²) in [6.45, 7) is 3.13. The van der Waals surface area contributed by atoms with Crippen molar-refractivity contribution in [3.63, 3.8) is 0 Å². The summed E-state index contributed by atoms with van der Waals surface area (Å²) in [7, 11) is 0. The highest BCUT2D eigenvalue weighted by Crippen LogP contribution is 2.34. The second-order valence-electron chi connectivity index (χ2n) is 12.9. The maximum absolute atomic E-state index is 12.9. The molecule has 7 rings (SSSR count). The Bertz CT molecular complexity index is 1780. The maximum atomic E-state index is 12.9. The Labute approximate surface area is 291 Å². The van der Waals surface area contributed by atoms with Crippen molar-refractivity contribution in [1.29, 1.82) is 0 Å². The first-order valence-corrected chi connectivity index (χ1v) is 17.1. The molecule has 2 saturated heterocycles. The zero-order valence-corrected chi connectivity index (χ0v) is 28.0. The second kappa shape index (κ2) is 15.4. The van der Waals surface area contributed by atoms with Gasteiger partial charge in [0.15, 0.2) is 0 Å². The molecular formula is C36H45N9O5. The number of anilines is 2. The van der Waals surface area contributed by atoms with Crippen molar-refractivity contribution in [3.8, 4) is 11.5 Å². The van der Waals surface area contributed by atoms with Crippen molar-refractivity contribution >= 4 is 40.5 Å². The van der Waals surface area contributed by atoms with E-state index in [1.807, 2.05) is 29.2 Å². The average Bonchev–Trinajstić information content (AvgIpc) is 3.60. The molecule has 3 fully saturated rings. The number of hydrogen-bond donors (Lipinski definition) is 5. The summed E-state index contributed by atoms with van der Waals surface area (Å²) in [5.41, 5.74) is 20.7. The molecule has 1 unspecified atom stereocenters. The largest absolute Gasteiger partial charge is 0.507 e. The molecule has 8 N–H and O–H groups in total. The number of piperidine rings is 1. The van der Waals surface area contributed by atoms with E-state index in [4.69, 9.17) is 21.9 Å². The number of hydrogen-bond acceptors (Lipinski definition) is 11. The van der Waals surface area contributed by atoms with E-state index in [0.29, 0.717) is 67.8 Å². The molecule has 1 aromatic heterocycles. The maximum Gasteiger partial charge on any atom is 0.249 e. The number of imide groups is 1. The summed E-state index contributed by atoms with van der Waals surface area (Å²) in [5.74, 6) is 0.552. The Balaban J connectivity index is 0.000000202. The first-order chi connectivity index (χ1) is 24.2. The van der Waals surface area contributed by atoms with Gasteiger partial charge in [0.2, 0.25) is 17.7 Å². The molecule has 14 nitrogen and oxygen atoms in total. The third-order valence-electron chi connectivity index (χ3n) is 9.62. The Morgan fingerprint density at radius 1 is 0.940 bits per heavy atom. The van der Waals surface area contributed by atoms with Gasteiger partial charge in [-0.15, -0.1) is 0 Å². The molecule has 0 spiro atoms. The van der Waals surface area contributed by atoms with Crippen LogP contribution in [0.15, 0.2) is 72.8 Å². The van der Waals surface area contributed by atoms with Gasteiger partial charge in [0.25, 0.3) is 0 Å². The van der Waals surface area contributed by atoms with Gasteiger partial charge in [-0.25, -0.2) is 4.68 Å². The van der Waals surface area contributed by atoms with Crippen LogP contribution in [0.1, 0.15) is 50.5 Å². The monoisotopic (exact) mass is 683 g/mol. The van der Waals surface area contributed by atoms with Crippen molar-refractivity contribution in [1.82, 2.24) is 20.0 Å². The zero-order valence-electron chi connectivity index (χ0n) is 28.0. The van der Waals surface area contributed by atoms with Crippen LogP contribution < -0.4 is 37.1 Å². The highest BCUT2D eigenvalue weighted by Gasteiger charge is 2.34. The molecule has 50 heavy (non-hydrogen) atoms. The van der Waals surface area contributed by atoms with Gasteiger partial charge in [-0.1, -0.05) is 43.5 Å². The Hall–Kier alpha value is -5.50. The van der Waals surface area contributed by atoms with Crippen molar-refractivity contribution in [2.45, 2.75) is 57.0 Å². The standard InChI is InChI=1S/C23H31N7O2.C13H14N2O3/c24-19(18-8-4-5-9-21(18)31)12-20(23(25)26)30-14-17(13-27-30)29-11-10-28(15-22(29)32)16-6-2-1-3-7-16;16-12-6-5-10(13(17)14-12)15-7-8-18-11-4-2-1-3-9(11)15/h4-5,8-9,12-14,16,31H,1-3,6-7,10-11,15,24-26H2;1-4,10H,5-8H2,(H,14,16,17)/b19-12-;. The number of amides is 3. The minimum atomic E-state index is -0.271. The van der Waals surface area contributed by atoms with Gasteiger partial charge in [0, 0.05) is 36.8 Å². The van der Waals surface area contributed by atoms with Crippen LogP contribution in [-0.4, -0.2) is 82.4 Å². The molecule has 3 aliphatic heterocycles. The fraction of sp³-hybridized carbons (Fsp3) is 0.389. The molecule has 1 saturated carbocycles. The summed E-state index contributed by atoms with van der Waals surface area (Å²) in [4.78, 5) is 42.1. The Kier molecular flexibility index (Phi) is 10.6. The summed E-state index contributed by atoms with van der Waals surface area (Å²) in [5, 5.41) is 16.8. The number of allylic oxidation sites excluding steroid dienone is 2. The molecule has 264 valence electrons. The van der Waals surface area contributed by atoms with Crippen LogP contribution in [0.4, 0.5) is 11.4 Å². The SMILES string of the molecule is NC(N)=C(/C=C(\N)c1ccccc1O)n1cc(N2CCN(C3CCCCC3)CC2=O)cn1.O=C1CCC(N2CCOc3ccccc32)C(=O)N1. The molecule has 4 heterocycles. The van der Waals surface area contributed by atoms with Gasteiger partial charge in [0.1, 0.15) is 35.7 Å². The number of phenols is 1. The van der Waals surface area contributed by atoms with Crippen molar-refractivity contribution < 1.29 is 24.2 Å². The highest BCUT2D eigenvalue weighted by atomic mass is 16.5. The fourth-order valence-electron chi connectivity index (χ4n) is 7.03. The third kappa shape index (κ3) is 7.70. The van der Waals surface area contributed by atoms with Crippen LogP contribution in [0.3, 0.4) is 0 Å². The number of nitrogens with one attached hydrogen (secondary N) is 1. The topological polar surface area (TPSA) is 198 Å². The molecule has 2 aromatic carbocycles. The van der Waals surface area contributed by atoms with Gasteiger partial charge in [-0.05, 0) is 49.6 Å². The molecule has 0 radical (unpaired) electrons. The molecule has 3 aromatic rings. The van der Waals surface area contributed by atoms with E-state index in [1.54, 1.807) is 47.6 Å². The third-order valence-corrected chi connectivity index (χ3v) is 9.62. The van der Waals surface area contributed by atoms with Crippen LogP contribution in [-0.2, 0) is 14.4 Å². The van der Waals surface area contributed by atoms with Crippen LogP contribution >= 0.6 is 0 Å². The van der Waals surface area contributed by atoms with Gasteiger partial charge in [0.05, 0.1) is 36.9 Å². The van der Waals surface area contributed by atoms with Crippen LogP contribution in [0.25, 0.3) is 11.4 Å². The number of ether oxygens (including phenoxy) is 1. The number of nitrogens with two attached hydrogens (primary N) is 3. The Morgan fingerprint density at radius 2 is 1.70 bits per heavy atom. The number of rotatable bonds is 6. The van der Waals surface area contributed by atoms with E-state index in [9.17, 15) is 19.5 Å². The first-order valence-electron chi connectivity index (χ1n) is 17.1. The number of carbonyl (C=O) groups is 3. The number of aromatic hydroxyl groups is 1. The lowest BCUT2D eigenvalue weighted by Crippen LogP contribution is -2.54. The van der Waals surface area contributed by atoms with Crippen molar-refractivity contribution in [3.05, 3.63) is 78.4 Å². The van der Waals surface area contributed by atoms with Crippen LogP contribution in [0.5, 0.6) is 11.5 Å². The van der Waals surface area contributed by atoms with Gasteiger partial charge in [-0.2, -0.15) is 5.10 Å². The summed E-state index contributed by atoms with van der Waals surface area (Å²) in [6.07, 6.45) is 12.0. The number of carbonyl (C=O) groups excluding carboxylic acids is 3. The first kappa shape index (κ1) is 34.4. The van der Waals surface area contributed by atoms with Crippen molar-refractivity contribution in [2.75, 3.05) is 42.6 Å². The highest BCUT2D eigenvalue weighted by molar-refractivity contribution is 6.02. The number of piperazine rings is 1. The summed E-state index contributed by atoms with van der Waals surface area (Å²) in [6, 6.07) is 14.7. The Morgan fingerprint density at radius 3 is 2.44 bits per heavy atom. The number of para-hydroxylation sites is 3. The summed E-state index contributed by atoms with van der Waals surface area (Å²) >= 11 is 0. The van der Waals surface area contributed by atoms with Gasteiger partial charge < -0.3 is 36.8 Å².